The Kier molecular flexibility index (Phi) is 8.98. The van der Waals surface area contributed by atoms with Crippen LogP contribution in [-0.2, 0) is 4.79 Å². The van der Waals surface area contributed by atoms with Gasteiger partial charge in [-0.1, -0.05) is 62.9 Å². The number of unbranched alkanes of at least 4 members (excludes halogenated alkanes) is 4. The van der Waals surface area contributed by atoms with Crippen LogP contribution in [0, 0.1) is 0 Å². The van der Waals surface area contributed by atoms with Crippen LogP contribution in [0.25, 0.3) is 0 Å². The van der Waals surface area contributed by atoms with Crippen molar-refractivity contribution in [1.82, 2.24) is 10.2 Å². The van der Waals surface area contributed by atoms with Gasteiger partial charge in [0.1, 0.15) is 6.10 Å². The Morgan fingerprint density at radius 2 is 1.80 bits per heavy atom. The molecule has 2 atom stereocenters. The maximum Gasteiger partial charge on any atom is 0.220 e. The number of hydrogen-bond acceptors (Lipinski definition) is 3. The summed E-state index contributed by atoms with van der Waals surface area (Å²) < 4.78 is 0. The Morgan fingerprint density at radius 1 is 1.12 bits per heavy atom. The number of nitrogens with one attached hydrogen (secondary N) is 1. The highest BCUT2D eigenvalue weighted by molar-refractivity contribution is 5.76. The smallest absolute Gasteiger partial charge is 0.220 e. The molecule has 2 N–H and O–H groups in total. The lowest BCUT2D eigenvalue weighted by molar-refractivity contribution is -0.123. The summed E-state index contributed by atoms with van der Waals surface area (Å²) in [5.74, 6) is 0.0654. The van der Waals surface area contributed by atoms with Crippen molar-refractivity contribution >= 4 is 5.91 Å². The zero-order valence-electron chi connectivity index (χ0n) is 15.6. The van der Waals surface area contributed by atoms with Crippen LogP contribution in [0.5, 0.6) is 0 Å². The number of nitrogens with zero attached hydrogens (tertiary/aromatic N) is 1. The monoisotopic (exact) mass is 346 g/mol. The van der Waals surface area contributed by atoms with Crippen LogP contribution in [0.4, 0.5) is 0 Å². The summed E-state index contributed by atoms with van der Waals surface area (Å²) in [6.07, 6.45) is 8.02. The van der Waals surface area contributed by atoms with Crippen molar-refractivity contribution in [2.75, 3.05) is 19.6 Å². The first-order chi connectivity index (χ1) is 12.2. The van der Waals surface area contributed by atoms with E-state index in [2.05, 4.69) is 17.1 Å². The van der Waals surface area contributed by atoms with Gasteiger partial charge in [-0.3, -0.25) is 4.79 Å². The molecular weight excluding hydrogens is 312 g/mol. The third-order valence-corrected chi connectivity index (χ3v) is 5.03. The van der Waals surface area contributed by atoms with E-state index in [9.17, 15) is 9.90 Å². The summed E-state index contributed by atoms with van der Waals surface area (Å²) in [5.41, 5.74) is 0.870. The van der Waals surface area contributed by atoms with Crippen molar-refractivity contribution in [3.63, 3.8) is 0 Å². The number of likely N-dealkylation sites (tertiary alicyclic amines) is 1. The Balaban J connectivity index is 1.88. The first kappa shape index (κ1) is 19.9. The molecule has 1 aliphatic heterocycles. The van der Waals surface area contributed by atoms with Gasteiger partial charge in [0.2, 0.25) is 5.91 Å². The normalized spacial score (nSPS) is 17.4. The van der Waals surface area contributed by atoms with E-state index < -0.39 is 6.10 Å². The van der Waals surface area contributed by atoms with E-state index in [-0.39, 0.29) is 11.9 Å². The fraction of sp³-hybridized carbons (Fsp3) is 0.667. The molecule has 140 valence electrons. The van der Waals surface area contributed by atoms with Gasteiger partial charge in [0.25, 0.3) is 0 Å². The zero-order chi connectivity index (χ0) is 17.9. The standard InChI is InChI=1S/C21H34N2O2/c1-2-3-4-5-9-14-20(24)22-19(17-23-15-10-11-16-23)21(25)18-12-7-6-8-13-18/h6-8,12-13,19,21,25H,2-5,9-11,14-17H2,1H3,(H,22,24). The van der Waals surface area contributed by atoms with Crippen LogP contribution in [0.1, 0.15) is 70.0 Å². The van der Waals surface area contributed by atoms with E-state index in [1.807, 2.05) is 30.3 Å². The van der Waals surface area contributed by atoms with Gasteiger partial charge < -0.3 is 15.3 Å². The molecule has 0 aromatic heterocycles. The van der Waals surface area contributed by atoms with Crippen LogP contribution in [0.15, 0.2) is 30.3 Å². The Morgan fingerprint density at radius 3 is 2.48 bits per heavy atom. The second-order valence-electron chi connectivity index (χ2n) is 7.20. The molecule has 2 unspecified atom stereocenters. The molecule has 25 heavy (non-hydrogen) atoms. The molecule has 1 fully saturated rings. The number of rotatable bonds is 11. The minimum absolute atomic E-state index is 0.0654. The molecular formula is C21H34N2O2. The number of carbonyl (C=O) groups excluding carboxylic acids is 1. The summed E-state index contributed by atoms with van der Waals surface area (Å²) in [6, 6.07) is 9.42. The van der Waals surface area contributed by atoms with E-state index in [0.717, 1.165) is 38.0 Å². The first-order valence-corrected chi connectivity index (χ1v) is 9.95. The second-order valence-corrected chi connectivity index (χ2v) is 7.20. The lowest BCUT2D eigenvalue weighted by Gasteiger charge is -2.28. The number of benzene rings is 1. The van der Waals surface area contributed by atoms with E-state index in [1.54, 1.807) is 0 Å². The van der Waals surface area contributed by atoms with Crippen molar-refractivity contribution in [2.45, 2.75) is 70.4 Å². The topological polar surface area (TPSA) is 52.6 Å². The van der Waals surface area contributed by atoms with Crippen molar-refractivity contribution in [3.8, 4) is 0 Å². The van der Waals surface area contributed by atoms with Gasteiger partial charge in [-0.25, -0.2) is 0 Å². The van der Waals surface area contributed by atoms with Crippen LogP contribution < -0.4 is 5.32 Å². The maximum absolute atomic E-state index is 12.4. The molecule has 0 aliphatic carbocycles. The highest BCUT2D eigenvalue weighted by Crippen LogP contribution is 2.19. The number of aliphatic hydroxyl groups excluding tert-OH is 1. The molecule has 0 spiro atoms. The predicted molar refractivity (Wildman–Crippen MR) is 102 cm³/mol. The summed E-state index contributed by atoms with van der Waals surface area (Å²) in [7, 11) is 0. The molecule has 1 amide bonds. The summed E-state index contributed by atoms with van der Waals surface area (Å²) >= 11 is 0. The molecule has 0 saturated carbocycles. The average Bonchev–Trinajstić information content (AvgIpc) is 3.14. The molecule has 1 aliphatic rings. The average molecular weight is 347 g/mol. The second kappa shape index (κ2) is 11.3. The molecule has 1 saturated heterocycles. The molecule has 4 heteroatoms. The number of carbonyl (C=O) groups is 1. The Hall–Kier alpha value is -1.39. The van der Waals surface area contributed by atoms with Gasteiger partial charge in [0.05, 0.1) is 6.04 Å². The number of amides is 1. The van der Waals surface area contributed by atoms with Gasteiger partial charge in [0.15, 0.2) is 0 Å². The van der Waals surface area contributed by atoms with E-state index >= 15 is 0 Å². The quantitative estimate of drug-likeness (QED) is 0.601. The van der Waals surface area contributed by atoms with E-state index in [1.165, 1.54) is 32.1 Å². The zero-order valence-corrected chi connectivity index (χ0v) is 15.6. The number of hydrogen-bond donors (Lipinski definition) is 2. The lowest BCUT2D eigenvalue weighted by atomic mass is 10.0. The highest BCUT2D eigenvalue weighted by Gasteiger charge is 2.26. The van der Waals surface area contributed by atoms with Crippen LogP contribution >= 0.6 is 0 Å². The summed E-state index contributed by atoms with van der Waals surface area (Å²) in [5, 5.41) is 13.9. The fourth-order valence-electron chi connectivity index (χ4n) is 3.52. The maximum atomic E-state index is 12.4. The Labute approximate surface area is 152 Å². The van der Waals surface area contributed by atoms with Gasteiger partial charge >= 0.3 is 0 Å². The SMILES string of the molecule is CCCCCCCC(=O)NC(CN1CCCC1)C(O)c1ccccc1. The molecule has 2 rings (SSSR count). The third kappa shape index (κ3) is 7.17. The molecule has 1 aromatic rings. The van der Waals surface area contributed by atoms with Crippen molar-refractivity contribution in [2.24, 2.45) is 0 Å². The third-order valence-electron chi connectivity index (χ3n) is 5.03. The molecule has 1 aromatic carbocycles. The lowest BCUT2D eigenvalue weighted by Crippen LogP contribution is -2.46. The minimum atomic E-state index is -0.661. The van der Waals surface area contributed by atoms with Crippen LogP contribution in [0.3, 0.4) is 0 Å². The van der Waals surface area contributed by atoms with Gasteiger partial charge in [-0.15, -0.1) is 0 Å². The molecule has 0 bridgehead atoms. The van der Waals surface area contributed by atoms with Gasteiger partial charge in [-0.2, -0.15) is 0 Å². The molecule has 1 heterocycles. The Bertz CT molecular complexity index is 486. The largest absolute Gasteiger partial charge is 0.386 e. The van der Waals surface area contributed by atoms with Gasteiger partial charge in [-0.05, 0) is 37.9 Å². The highest BCUT2D eigenvalue weighted by atomic mass is 16.3. The van der Waals surface area contributed by atoms with E-state index in [0.29, 0.717) is 6.42 Å². The number of aliphatic hydroxyl groups is 1. The van der Waals surface area contributed by atoms with Crippen molar-refractivity contribution in [3.05, 3.63) is 35.9 Å². The van der Waals surface area contributed by atoms with Gasteiger partial charge in [0, 0.05) is 13.0 Å². The van der Waals surface area contributed by atoms with E-state index in [4.69, 9.17) is 0 Å². The fourth-order valence-corrected chi connectivity index (χ4v) is 3.52. The summed E-state index contributed by atoms with van der Waals surface area (Å²) in [4.78, 5) is 14.7. The van der Waals surface area contributed by atoms with Crippen molar-refractivity contribution < 1.29 is 9.90 Å². The summed E-state index contributed by atoms with van der Waals surface area (Å²) in [6.45, 7) is 5.04. The van der Waals surface area contributed by atoms with Crippen molar-refractivity contribution in [1.29, 1.82) is 0 Å². The van der Waals surface area contributed by atoms with Crippen LogP contribution in [0.2, 0.25) is 0 Å². The molecule has 4 nitrogen and oxygen atoms in total. The predicted octanol–water partition coefficient (Wildman–Crippen LogP) is 3.66. The minimum Gasteiger partial charge on any atom is -0.386 e. The molecule has 0 radical (unpaired) electrons. The first-order valence-electron chi connectivity index (χ1n) is 9.95. The van der Waals surface area contributed by atoms with Crippen LogP contribution in [-0.4, -0.2) is 41.6 Å².